The predicted octanol–water partition coefficient (Wildman–Crippen LogP) is 3.17. The van der Waals surface area contributed by atoms with Gasteiger partial charge in [0.25, 0.3) is 0 Å². The van der Waals surface area contributed by atoms with Crippen LogP contribution in [0.4, 0.5) is 13.2 Å². The van der Waals surface area contributed by atoms with Gasteiger partial charge >= 0.3 is 6.18 Å². The predicted molar refractivity (Wildman–Crippen MR) is 64.4 cm³/mol. The Hall–Kier alpha value is -1.47. The lowest BCUT2D eigenvalue weighted by atomic mass is 10.1. The van der Waals surface area contributed by atoms with Crippen molar-refractivity contribution < 1.29 is 13.2 Å². The fraction of sp³-hybridized carbons (Fsp3) is 0.385. The van der Waals surface area contributed by atoms with Gasteiger partial charge in [-0.25, -0.2) is 0 Å². The Morgan fingerprint density at radius 1 is 1.47 bits per heavy atom. The normalized spacial score (nSPS) is 14.2. The fourth-order valence-electron chi connectivity index (χ4n) is 1.34. The summed E-state index contributed by atoms with van der Waals surface area (Å²) in [5, 5.41) is 0. The number of hydrogen-bond donors (Lipinski definition) is 0. The molecule has 94 valence electrons. The van der Waals surface area contributed by atoms with Crippen LogP contribution >= 0.6 is 0 Å². The third-order valence-corrected chi connectivity index (χ3v) is 2.22. The molecule has 1 unspecified atom stereocenters. The molecular formula is C13H16F3N. The lowest BCUT2D eigenvalue weighted by molar-refractivity contribution is -0.165. The van der Waals surface area contributed by atoms with E-state index in [0.29, 0.717) is 5.57 Å². The first-order valence-electron chi connectivity index (χ1n) is 5.06. The van der Waals surface area contributed by atoms with Crippen LogP contribution in [0.3, 0.4) is 0 Å². The van der Waals surface area contributed by atoms with E-state index in [1.807, 2.05) is 0 Å². The molecule has 4 heteroatoms. The second-order valence-electron chi connectivity index (χ2n) is 3.40. The van der Waals surface area contributed by atoms with Crippen LogP contribution in [0, 0.1) is 12.3 Å². The Morgan fingerprint density at radius 2 is 2.06 bits per heavy atom. The van der Waals surface area contributed by atoms with Gasteiger partial charge in [0.15, 0.2) is 6.04 Å². The Kier molecular flexibility index (Phi) is 6.37. The van der Waals surface area contributed by atoms with E-state index in [0.717, 1.165) is 4.90 Å². The van der Waals surface area contributed by atoms with Crippen molar-refractivity contribution in [2.75, 3.05) is 13.1 Å². The SMILES string of the molecule is C#CC(N(CC=C)CC(C=C)=CC)C(F)(F)F. The highest BCUT2D eigenvalue weighted by molar-refractivity contribution is 5.19. The fourth-order valence-corrected chi connectivity index (χ4v) is 1.34. The van der Waals surface area contributed by atoms with Crippen molar-refractivity contribution >= 4 is 0 Å². The van der Waals surface area contributed by atoms with Crippen LogP contribution in [0.25, 0.3) is 0 Å². The molecule has 0 heterocycles. The molecule has 0 fully saturated rings. The van der Waals surface area contributed by atoms with Crippen LogP contribution in [0.15, 0.2) is 37.0 Å². The van der Waals surface area contributed by atoms with Crippen LogP contribution in [-0.2, 0) is 0 Å². The van der Waals surface area contributed by atoms with Gasteiger partial charge < -0.3 is 0 Å². The molecule has 0 aliphatic rings. The molecule has 0 N–H and O–H groups in total. The largest absolute Gasteiger partial charge is 0.415 e. The summed E-state index contributed by atoms with van der Waals surface area (Å²) in [6.07, 6.45) is 5.12. The molecule has 0 aromatic rings. The van der Waals surface area contributed by atoms with Crippen LogP contribution in [0.5, 0.6) is 0 Å². The third-order valence-electron chi connectivity index (χ3n) is 2.22. The van der Waals surface area contributed by atoms with Gasteiger partial charge in [0.1, 0.15) is 0 Å². The summed E-state index contributed by atoms with van der Waals surface area (Å²) in [7, 11) is 0. The van der Waals surface area contributed by atoms with Crippen LogP contribution in [0.1, 0.15) is 6.92 Å². The Labute approximate surface area is 100 Å². The second kappa shape index (κ2) is 6.97. The Morgan fingerprint density at radius 3 is 2.35 bits per heavy atom. The first kappa shape index (κ1) is 15.5. The molecule has 1 atom stereocenters. The highest BCUT2D eigenvalue weighted by atomic mass is 19.4. The zero-order valence-corrected chi connectivity index (χ0v) is 9.80. The molecule has 17 heavy (non-hydrogen) atoms. The number of rotatable bonds is 6. The van der Waals surface area contributed by atoms with Crippen molar-refractivity contribution in [3.8, 4) is 12.3 Å². The lowest BCUT2D eigenvalue weighted by Gasteiger charge is -2.28. The van der Waals surface area contributed by atoms with Gasteiger partial charge in [0.05, 0.1) is 0 Å². The first-order valence-corrected chi connectivity index (χ1v) is 5.06. The maximum Gasteiger partial charge on any atom is 0.415 e. The molecule has 0 spiro atoms. The van der Waals surface area contributed by atoms with Gasteiger partial charge in [-0.05, 0) is 12.5 Å². The second-order valence-corrected chi connectivity index (χ2v) is 3.40. The maximum atomic E-state index is 12.7. The summed E-state index contributed by atoms with van der Waals surface area (Å²) in [5.74, 6) is 1.77. The summed E-state index contributed by atoms with van der Waals surface area (Å²) in [5.41, 5.74) is 0.691. The number of nitrogens with zero attached hydrogens (tertiary/aromatic N) is 1. The van der Waals surface area contributed by atoms with Gasteiger partial charge in [0, 0.05) is 13.1 Å². The van der Waals surface area contributed by atoms with E-state index in [1.165, 1.54) is 12.2 Å². The van der Waals surface area contributed by atoms with Crippen LogP contribution in [0.2, 0.25) is 0 Å². The van der Waals surface area contributed by atoms with Gasteiger partial charge in [0.2, 0.25) is 0 Å². The summed E-state index contributed by atoms with van der Waals surface area (Å²) in [4.78, 5) is 1.13. The average molecular weight is 243 g/mol. The maximum absolute atomic E-state index is 12.7. The molecule has 1 nitrogen and oxygen atoms in total. The summed E-state index contributed by atoms with van der Waals surface area (Å²) < 4.78 is 38.1. The van der Waals surface area contributed by atoms with Crippen molar-refractivity contribution in [1.82, 2.24) is 4.90 Å². The molecule has 0 saturated heterocycles. The molecular weight excluding hydrogens is 227 g/mol. The van der Waals surface area contributed by atoms with Gasteiger partial charge in [-0.1, -0.05) is 30.7 Å². The van der Waals surface area contributed by atoms with Gasteiger partial charge in [-0.15, -0.1) is 13.0 Å². The van der Waals surface area contributed by atoms with E-state index in [1.54, 1.807) is 18.9 Å². The number of hydrogen-bond acceptors (Lipinski definition) is 1. The zero-order valence-electron chi connectivity index (χ0n) is 9.80. The Bertz CT molecular complexity index is 334. The van der Waals surface area contributed by atoms with Gasteiger partial charge in [-0.3, -0.25) is 4.90 Å². The topological polar surface area (TPSA) is 3.24 Å². The van der Waals surface area contributed by atoms with Crippen LogP contribution < -0.4 is 0 Å². The summed E-state index contributed by atoms with van der Waals surface area (Å²) in [6, 6.07) is -1.91. The molecule has 0 amide bonds. The van der Waals surface area contributed by atoms with Crippen LogP contribution in [-0.4, -0.2) is 30.2 Å². The smallest absolute Gasteiger partial charge is 0.274 e. The third kappa shape index (κ3) is 4.92. The van der Waals surface area contributed by atoms with E-state index in [-0.39, 0.29) is 13.1 Å². The highest BCUT2D eigenvalue weighted by Crippen LogP contribution is 2.25. The minimum Gasteiger partial charge on any atom is -0.274 e. The molecule has 0 aliphatic carbocycles. The van der Waals surface area contributed by atoms with E-state index >= 15 is 0 Å². The number of allylic oxidation sites excluding steroid dienone is 1. The average Bonchev–Trinajstić information content (AvgIpc) is 2.24. The van der Waals surface area contributed by atoms with E-state index in [9.17, 15) is 13.2 Å². The molecule has 0 aromatic heterocycles. The molecule has 0 rings (SSSR count). The Balaban J connectivity index is 5.01. The number of halogens is 3. The molecule has 0 aliphatic heterocycles. The van der Waals surface area contributed by atoms with Gasteiger partial charge in [-0.2, -0.15) is 13.2 Å². The summed E-state index contributed by atoms with van der Waals surface area (Å²) in [6.45, 7) is 8.88. The van der Waals surface area contributed by atoms with Crippen molar-refractivity contribution in [3.63, 3.8) is 0 Å². The lowest BCUT2D eigenvalue weighted by Crippen LogP contribution is -2.45. The van der Waals surface area contributed by atoms with E-state index in [2.05, 4.69) is 13.2 Å². The monoisotopic (exact) mass is 243 g/mol. The quantitative estimate of drug-likeness (QED) is 0.393. The standard InChI is InChI=1S/C13H16F3N/c1-5-9-17(10-11(6-2)7-3)12(8-4)13(14,15)16/h4-7,12H,1-2,9-10H2,3H3. The van der Waals surface area contributed by atoms with E-state index < -0.39 is 12.2 Å². The van der Waals surface area contributed by atoms with Crippen molar-refractivity contribution in [3.05, 3.63) is 37.0 Å². The zero-order chi connectivity index (χ0) is 13.5. The number of terminal acetylenes is 1. The molecule has 0 bridgehead atoms. The highest BCUT2D eigenvalue weighted by Gasteiger charge is 2.42. The minimum atomic E-state index is -4.45. The molecule has 0 radical (unpaired) electrons. The molecule has 0 aromatic carbocycles. The van der Waals surface area contributed by atoms with Crippen molar-refractivity contribution in [1.29, 1.82) is 0 Å². The van der Waals surface area contributed by atoms with E-state index in [4.69, 9.17) is 6.42 Å². The molecule has 0 saturated carbocycles. The first-order chi connectivity index (χ1) is 7.90. The van der Waals surface area contributed by atoms with Crippen molar-refractivity contribution in [2.24, 2.45) is 0 Å². The van der Waals surface area contributed by atoms with Crippen molar-refractivity contribution in [2.45, 2.75) is 19.1 Å². The minimum absolute atomic E-state index is 0.0690. The summed E-state index contributed by atoms with van der Waals surface area (Å²) >= 11 is 0. The number of alkyl halides is 3.